The normalized spacial score (nSPS) is 18.9. The molecule has 1 aliphatic carbocycles. The fourth-order valence-corrected chi connectivity index (χ4v) is 2.72. The number of hydrogen-bond donors (Lipinski definition) is 1. The van der Waals surface area contributed by atoms with E-state index in [2.05, 4.69) is 12.1 Å². The second-order valence-electron chi connectivity index (χ2n) is 4.93. The van der Waals surface area contributed by atoms with Gasteiger partial charge in [-0.05, 0) is 43.4 Å². The minimum Gasteiger partial charge on any atom is -0.494 e. The molecule has 1 fully saturated rings. The van der Waals surface area contributed by atoms with Gasteiger partial charge in [-0.25, -0.2) is 0 Å². The average Bonchev–Trinajstić information content (AvgIpc) is 2.40. The molecule has 1 aromatic rings. The molecule has 0 aliphatic heterocycles. The van der Waals surface area contributed by atoms with Gasteiger partial charge < -0.3 is 10.5 Å². The van der Waals surface area contributed by atoms with E-state index >= 15 is 0 Å². The van der Waals surface area contributed by atoms with Crippen LogP contribution < -0.4 is 10.5 Å². The molecule has 0 unspecified atom stereocenters. The summed E-state index contributed by atoms with van der Waals surface area (Å²) in [6.07, 6.45) is 6.64. The van der Waals surface area contributed by atoms with Gasteiger partial charge in [-0.3, -0.25) is 0 Å². The highest BCUT2D eigenvalue weighted by atomic mass is 16.5. The molecule has 94 valence electrons. The quantitative estimate of drug-likeness (QED) is 0.861. The molecule has 0 bridgehead atoms. The summed E-state index contributed by atoms with van der Waals surface area (Å²) in [5.41, 5.74) is 7.60. The van der Waals surface area contributed by atoms with E-state index < -0.39 is 0 Å². The molecule has 2 N–H and O–H groups in total. The Morgan fingerprint density at radius 3 is 2.41 bits per heavy atom. The highest BCUT2D eigenvalue weighted by Crippen LogP contribution is 2.33. The van der Waals surface area contributed by atoms with E-state index in [0.717, 1.165) is 5.75 Å². The molecular formula is C15H23NO. The molecule has 0 amide bonds. The van der Waals surface area contributed by atoms with Crippen LogP contribution in [0.5, 0.6) is 5.75 Å². The van der Waals surface area contributed by atoms with Crippen molar-refractivity contribution in [1.82, 2.24) is 0 Å². The third kappa shape index (κ3) is 3.22. The van der Waals surface area contributed by atoms with E-state index in [1.54, 1.807) is 0 Å². The van der Waals surface area contributed by atoms with Crippen molar-refractivity contribution in [2.24, 2.45) is 11.7 Å². The molecule has 0 saturated heterocycles. The first-order valence-electron chi connectivity index (χ1n) is 6.79. The minimum absolute atomic E-state index is 0.200. The SMILES string of the molecule is CCOc1ccc([C@@H](N)C2CCCCC2)cc1. The average molecular weight is 233 g/mol. The first-order chi connectivity index (χ1) is 8.31. The van der Waals surface area contributed by atoms with E-state index in [1.807, 2.05) is 19.1 Å². The Bertz CT molecular complexity index is 327. The topological polar surface area (TPSA) is 35.2 Å². The zero-order chi connectivity index (χ0) is 12.1. The van der Waals surface area contributed by atoms with E-state index in [4.69, 9.17) is 10.5 Å². The Morgan fingerprint density at radius 2 is 1.82 bits per heavy atom. The number of rotatable bonds is 4. The highest BCUT2D eigenvalue weighted by Gasteiger charge is 2.21. The molecule has 0 heterocycles. The summed E-state index contributed by atoms with van der Waals surface area (Å²) in [6.45, 7) is 2.72. The van der Waals surface area contributed by atoms with Crippen molar-refractivity contribution in [3.63, 3.8) is 0 Å². The highest BCUT2D eigenvalue weighted by molar-refractivity contribution is 5.29. The van der Waals surface area contributed by atoms with Gasteiger partial charge in [-0.15, -0.1) is 0 Å². The first-order valence-corrected chi connectivity index (χ1v) is 6.79. The van der Waals surface area contributed by atoms with Crippen LogP contribution in [0.3, 0.4) is 0 Å². The van der Waals surface area contributed by atoms with Gasteiger partial charge in [0.05, 0.1) is 6.61 Å². The zero-order valence-electron chi connectivity index (χ0n) is 10.7. The van der Waals surface area contributed by atoms with Crippen LogP contribution in [-0.4, -0.2) is 6.61 Å². The monoisotopic (exact) mass is 233 g/mol. The molecule has 0 radical (unpaired) electrons. The third-order valence-corrected chi connectivity index (χ3v) is 3.73. The zero-order valence-corrected chi connectivity index (χ0v) is 10.7. The minimum atomic E-state index is 0.200. The van der Waals surface area contributed by atoms with Crippen molar-refractivity contribution in [2.75, 3.05) is 6.61 Å². The molecule has 0 spiro atoms. The fourth-order valence-electron chi connectivity index (χ4n) is 2.72. The molecule has 2 rings (SSSR count). The van der Waals surface area contributed by atoms with Gasteiger partial charge in [0, 0.05) is 6.04 Å². The van der Waals surface area contributed by atoms with Crippen LogP contribution in [0.15, 0.2) is 24.3 Å². The summed E-state index contributed by atoms with van der Waals surface area (Å²) in [5.74, 6) is 1.61. The summed E-state index contributed by atoms with van der Waals surface area (Å²) in [5, 5.41) is 0. The Morgan fingerprint density at radius 1 is 1.18 bits per heavy atom. The largest absolute Gasteiger partial charge is 0.494 e. The van der Waals surface area contributed by atoms with Crippen molar-refractivity contribution in [2.45, 2.75) is 45.1 Å². The van der Waals surface area contributed by atoms with E-state index in [1.165, 1.54) is 37.7 Å². The maximum Gasteiger partial charge on any atom is 0.119 e. The smallest absolute Gasteiger partial charge is 0.119 e. The van der Waals surface area contributed by atoms with E-state index in [9.17, 15) is 0 Å². The predicted octanol–water partition coefficient (Wildman–Crippen LogP) is 3.67. The summed E-state index contributed by atoms with van der Waals surface area (Å²) >= 11 is 0. The van der Waals surface area contributed by atoms with Crippen molar-refractivity contribution in [3.8, 4) is 5.75 Å². The van der Waals surface area contributed by atoms with Crippen LogP contribution in [0.2, 0.25) is 0 Å². The summed E-state index contributed by atoms with van der Waals surface area (Å²) in [6, 6.07) is 8.49. The van der Waals surface area contributed by atoms with Gasteiger partial charge >= 0.3 is 0 Å². The Balaban J connectivity index is 2.00. The van der Waals surface area contributed by atoms with Crippen LogP contribution in [0.25, 0.3) is 0 Å². The molecule has 1 saturated carbocycles. The van der Waals surface area contributed by atoms with Crippen LogP contribution >= 0.6 is 0 Å². The van der Waals surface area contributed by atoms with E-state index in [-0.39, 0.29) is 6.04 Å². The van der Waals surface area contributed by atoms with E-state index in [0.29, 0.717) is 12.5 Å². The number of benzene rings is 1. The second-order valence-corrected chi connectivity index (χ2v) is 4.93. The van der Waals surface area contributed by atoms with Crippen molar-refractivity contribution >= 4 is 0 Å². The van der Waals surface area contributed by atoms with Gasteiger partial charge in [-0.1, -0.05) is 31.4 Å². The summed E-state index contributed by atoms with van der Waals surface area (Å²) < 4.78 is 5.45. The lowest BCUT2D eigenvalue weighted by Gasteiger charge is -2.27. The van der Waals surface area contributed by atoms with Gasteiger partial charge in [0.25, 0.3) is 0 Å². The van der Waals surface area contributed by atoms with Crippen LogP contribution in [0.1, 0.15) is 50.6 Å². The summed E-state index contributed by atoms with van der Waals surface area (Å²) in [4.78, 5) is 0. The third-order valence-electron chi connectivity index (χ3n) is 3.73. The fraction of sp³-hybridized carbons (Fsp3) is 0.600. The van der Waals surface area contributed by atoms with Gasteiger partial charge in [0.1, 0.15) is 5.75 Å². The van der Waals surface area contributed by atoms with Crippen LogP contribution in [-0.2, 0) is 0 Å². The first kappa shape index (κ1) is 12.4. The molecule has 17 heavy (non-hydrogen) atoms. The molecular weight excluding hydrogens is 210 g/mol. The lowest BCUT2D eigenvalue weighted by Crippen LogP contribution is -2.23. The van der Waals surface area contributed by atoms with Gasteiger partial charge in [0.2, 0.25) is 0 Å². The number of hydrogen-bond acceptors (Lipinski definition) is 2. The summed E-state index contributed by atoms with van der Waals surface area (Å²) in [7, 11) is 0. The van der Waals surface area contributed by atoms with Gasteiger partial charge in [-0.2, -0.15) is 0 Å². The molecule has 1 aromatic carbocycles. The maximum absolute atomic E-state index is 6.35. The van der Waals surface area contributed by atoms with Crippen LogP contribution in [0.4, 0.5) is 0 Å². The molecule has 2 heteroatoms. The Kier molecular flexibility index (Phi) is 4.43. The predicted molar refractivity (Wildman–Crippen MR) is 71.1 cm³/mol. The van der Waals surface area contributed by atoms with Crippen molar-refractivity contribution in [3.05, 3.63) is 29.8 Å². The Labute approximate surface area is 104 Å². The molecule has 1 atom stereocenters. The standard InChI is InChI=1S/C15H23NO/c1-2-17-14-10-8-13(9-11-14)15(16)12-6-4-3-5-7-12/h8-12,15H,2-7,16H2,1H3/t15-/m0/s1. The Hall–Kier alpha value is -1.02. The van der Waals surface area contributed by atoms with Gasteiger partial charge in [0.15, 0.2) is 0 Å². The maximum atomic E-state index is 6.35. The number of nitrogens with two attached hydrogens (primary N) is 1. The lowest BCUT2D eigenvalue weighted by molar-refractivity contribution is 0.307. The van der Waals surface area contributed by atoms with Crippen molar-refractivity contribution in [1.29, 1.82) is 0 Å². The molecule has 1 aliphatic rings. The second kappa shape index (κ2) is 6.06. The van der Waals surface area contributed by atoms with Crippen LogP contribution in [0, 0.1) is 5.92 Å². The van der Waals surface area contributed by atoms with Crippen molar-refractivity contribution < 1.29 is 4.74 Å². The molecule has 2 nitrogen and oxygen atoms in total. The lowest BCUT2D eigenvalue weighted by atomic mass is 9.81. The molecule has 0 aromatic heterocycles. The number of ether oxygens (including phenoxy) is 1.